The highest BCUT2D eigenvalue weighted by Gasteiger charge is 2.31. The molecule has 1 fully saturated rings. The first-order valence-electron chi connectivity index (χ1n) is 10.7. The summed E-state index contributed by atoms with van der Waals surface area (Å²) < 4.78 is 31.1. The van der Waals surface area contributed by atoms with Gasteiger partial charge in [-0.2, -0.15) is 5.10 Å². The van der Waals surface area contributed by atoms with Crippen molar-refractivity contribution in [3.63, 3.8) is 0 Å². The van der Waals surface area contributed by atoms with E-state index in [1.165, 1.54) is 19.7 Å². The minimum Gasteiger partial charge on any atom is -0.469 e. The fourth-order valence-corrected chi connectivity index (χ4v) is 5.61. The number of methoxy groups -OCH3 is 1. The molecule has 11 heteroatoms. The Hall–Kier alpha value is -3.47. The summed E-state index contributed by atoms with van der Waals surface area (Å²) in [5, 5.41) is 5.16. The topological polar surface area (TPSA) is 145 Å². The van der Waals surface area contributed by atoms with Crippen molar-refractivity contribution in [2.75, 3.05) is 19.1 Å². The Bertz CT molecular complexity index is 1480. The molecular weight excluding hydrogens is 444 g/mol. The molecule has 3 N–H and O–H groups in total. The number of nitrogens with one attached hydrogen (secondary N) is 1. The first-order valence-corrected chi connectivity index (χ1v) is 12.6. The molecule has 0 saturated heterocycles. The van der Waals surface area contributed by atoms with Crippen LogP contribution in [-0.4, -0.2) is 52.3 Å². The standard InChI is InChI=1S/C22H24N6O4S/c1-32-22(29)13-8-6-12(7-9-13)21-27-18(19-20(23)24-11-25-28(19)21)15-10-14-4-3-5-16(17(14)26-15)33(2,30)31/h3-5,10-13,26H,6-9H2,1-2H3,(H2,23,24,25). The van der Waals surface area contributed by atoms with Crippen LogP contribution in [0.15, 0.2) is 35.5 Å². The number of rotatable bonds is 4. The third-order valence-corrected chi connectivity index (χ3v) is 7.52. The zero-order valence-corrected chi connectivity index (χ0v) is 19.1. The Morgan fingerprint density at radius 2 is 2.00 bits per heavy atom. The smallest absolute Gasteiger partial charge is 0.308 e. The molecule has 3 aromatic heterocycles. The SMILES string of the molecule is COC(=O)C1CCC(c2nc(-c3cc4cccc(S(C)(=O)=O)c4[nH]3)c3c(N)ncnn23)CC1. The number of anilines is 1. The molecule has 5 rings (SSSR count). The van der Waals surface area contributed by atoms with E-state index in [1.54, 1.807) is 16.6 Å². The number of carbonyl (C=O) groups excluding carboxylic acids is 1. The maximum atomic E-state index is 12.3. The van der Waals surface area contributed by atoms with Gasteiger partial charge in [-0.15, -0.1) is 0 Å². The number of esters is 1. The zero-order chi connectivity index (χ0) is 23.3. The summed E-state index contributed by atoms with van der Waals surface area (Å²) in [7, 11) is -2.00. The van der Waals surface area contributed by atoms with Crippen LogP contribution in [0.4, 0.5) is 5.82 Å². The molecule has 172 valence electrons. The molecule has 3 heterocycles. The van der Waals surface area contributed by atoms with Crippen molar-refractivity contribution >= 4 is 38.0 Å². The van der Waals surface area contributed by atoms with Crippen molar-refractivity contribution in [2.24, 2.45) is 5.92 Å². The van der Waals surface area contributed by atoms with Gasteiger partial charge in [0, 0.05) is 17.6 Å². The van der Waals surface area contributed by atoms with Crippen molar-refractivity contribution in [1.29, 1.82) is 0 Å². The molecule has 0 bridgehead atoms. The zero-order valence-electron chi connectivity index (χ0n) is 18.3. The summed E-state index contributed by atoms with van der Waals surface area (Å²) in [5.41, 5.74) is 8.51. The van der Waals surface area contributed by atoms with Crippen LogP contribution in [0.2, 0.25) is 0 Å². The van der Waals surface area contributed by atoms with E-state index in [2.05, 4.69) is 15.1 Å². The summed E-state index contributed by atoms with van der Waals surface area (Å²) in [6.45, 7) is 0. The average molecular weight is 469 g/mol. The van der Waals surface area contributed by atoms with E-state index in [1.807, 2.05) is 12.1 Å². The number of sulfone groups is 1. The van der Waals surface area contributed by atoms with Crippen LogP contribution < -0.4 is 5.73 Å². The lowest BCUT2D eigenvalue weighted by atomic mass is 9.81. The second kappa shape index (κ2) is 7.84. The molecule has 0 amide bonds. The highest BCUT2D eigenvalue weighted by Crippen LogP contribution is 2.39. The van der Waals surface area contributed by atoms with Gasteiger partial charge in [0.05, 0.1) is 29.1 Å². The van der Waals surface area contributed by atoms with E-state index in [0.29, 0.717) is 35.3 Å². The maximum absolute atomic E-state index is 12.3. The molecule has 0 unspecified atom stereocenters. The molecule has 1 aliphatic rings. The number of para-hydroxylation sites is 1. The van der Waals surface area contributed by atoms with Gasteiger partial charge < -0.3 is 15.5 Å². The Labute approximate surface area is 190 Å². The highest BCUT2D eigenvalue weighted by atomic mass is 32.2. The Morgan fingerprint density at radius 3 is 2.70 bits per heavy atom. The first-order chi connectivity index (χ1) is 15.8. The lowest BCUT2D eigenvalue weighted by Gasteiger charge is -2.25. The Kier molecular flexibility index (Phi) is 5.08. The van der Waals surface area contributed by atoms with Gasteiger partial charge in [0.15, 0.2) is 15.7 Å². The number of aromatic amines is 1. The Balaban J connectivity index is 1.62. The van der Waals surface area contributed by atoms with Gasteiger partial charge in [-0.25, -0.2) is 22.9 Å². The van der Waals surface area contributed by atoms with Gasteiger partial charge >= 0.3 is 5.97 Å². The van der Waals surface area contributed by atoms with Crippen LogP contribution in [0, 0.1) is 5.92 Å². The number of carbonyl (C=O) groups is 1. The van der Waals surface area contributed by atoms with Crippen LogP contribution in [0.3, 0.4) is 0 Å². The fraction of sp³-hybridized carbons (Fsp3) is 0.364. The van der Waals surface area contributed by atoms with E-state index >= 15 is 0 Å². The van der Waals surface area contributed by atoms with Crippen LogP contribution in [0.25, 0.3) is 27.8 Å². The number of nitrogen functional groups attached to an aromatic ring is 1. The number of hydrogen-bond donors (Lipinski definition) is 2. The van der Waals surface area contributed by atoms with E-state index in [-0.39, 0.29) is 28.5 Å². The summed E-state index contributed by atoms with van der Waals surface area (Å²) in [5.74, 6) is 0.856. The number of nitrogens with zero attached hydrogens (tertiary/aromatic N) is 4. The number of H-pyrrole nitrogens is 1. The number of ether oxygens (including phenoxy) is 1. The van der Waals surface area contributed by atoms with Crippen molar-refractivity contribution in [2.45, 2.75) is 36.5 Å². The molecule has 1 saturated carbocycles. The summed E-state index contributed by atoms with van der Waals surface area (Å²) in [6, 6.07) is 6.99. The number of benzene rings is 1. The van der Waals surface area contributed by atoms with E-state index in [9.17, 15) is 13.2 Å². The minimum atomic E-state index is -3.42. The summed E-state index contributed by atoms with van der Waals surface area (Å²) >= 11 is 0. The fourth-order valence-electron chi connectivity index (χ4n) is 4.75. The van der Waals surface area contributed by atoms with E-state index in [4.69, 9.17) is 15.5 Å². The van der Waals surface area contributed by atoms with Crippen LogP contribution in [-0.2, 0) is 19.4 Å². The quantitative estimate of drug-likeness (QED) is 0.435. The van der Waals surface area contributed by atoms with Crippen molar-refractivity contribution < 1.29 is 17.9 Å². The molecule has 4 aromatic rings. The Morgan fingerprint density at radius 1 is 1.24 bits per heavy atom. The summed E-state index contributed by atoms with van der Waals surface area (Å²) in [4.78, 5) is 24.4. The third-order valence-electron chi connectivity index (χ3n) is 6.39. The second-order valence-corrected chi connectivity index (χ2v) is 10.5. The minimum absolute atomic E-state index is 0.0948. The van der Waals surface area contributed by atoms with Crippen LogP contribution >= 0.6 is 0 Å². The van der Waals surface area contributed by atoms with Gasteiger partial charge in [-0.05, 0) is 37.8 Å². The highest BCUT2D eigenvalue weighted by molar-refractivity contribution is 7.91. The van der Waals surface area contributed by atoms with E-state index < -0.39 is 9.84 Å². The second-order valence-electron chi connectivity index (χ2n) is 8.47. The van der Waals surface area contributed by atoms with E-state index in [0.717, 1.165) is 24.1 Å². The number of fused-ring (bicyclic) bond motifs is 2. The number of nitrogens with two attached hydrogens (primary N) is 1. The van der Waals surface area contributed by atoms with Gasteiger partial charge in [0.2, 0.25) is 0 Å². The molecule has 0 aliphatic heterocycles. The predicted octanol–water partition coefficient (Wildman–Crippen LogP) is 2.71. The molecule has 1 aliphatic carbocycles. The molecule has 0 spiro atoms. The lowest BCUT2D eigenvalue weighted by Crippen LogP contribution is -2.23. The molecule has 0 radical (unpaired) electrons. The van der Waals surface area contributed by atoms with Crippen LogP contribution in [0.1, 0.15) is 37.4 Å². The predicted molar refractivity (Wildman–Crippen MR) is 122 cm³/mol. The molecular formula is C22H24N6O4S. The van der Waals surface area contributed by atoms with Gasteiger partial charge in [0.25, 0.3) is 0 Å². The van der Waals surface area contributed by atoms with Gasteiger partial charge in [-0.1, -0.05) is 12.1 Å². The number of imidazole rings is 1. The molecule has 33 heavy (non-hydrogen) atoms. The molecule has 1 aromatic carbocycles. The lowest BCUT2D eigenvalue weighted by molar-refractivity contribution is -0.146. The third kappa shape index (κ3) is 3.62. The number of aromatic nitrogens is 5. The monoisotopic (exact) mass is 468 g/mol. The largest absolute Gasteiger partial charge is 0.469 e. The van der Waals surface area contributed by atoms with Crippen LogP contribution in [0.5, 0.6) is 0 Å². The van der Waals surface area contributed by atoms with Crippen molar-refractivity contribution in [1.82, 2.24) is 24.6 Å². The first kappa shape index (κ1) is 21.4. The van der Waals surface area contributed by atoms with Crippen molar-refractivity contribution in [3.8, 4) is 11.4 Å². The molecule has 10 nitrogen and oxygen atoms in total. The van der Waals surface area contributed by atoms with Crippen molar-refractivity contribution in [3.05, 3.63) is 36.4 Å². The molecule has 0 atom stereocenters. The van der Waals surface area contributed by atoms with Gasteiger partial charge in [-0.3, -0.25) is 4.79 Å². The maximum Gasteiger partial charge on any atom is 0.308 e. The normalized spacial score (nSPS) is 19.2. The van der Waals surface area contributed by atoms with Gasteiger partial charge in [0.1, 0.15) is 23.4 Å². The summed E-state index contributed by atoms with van der Waals surface area (Å²) in [6.07, 6.45) is 5.55. The number of hydrogen-bond acceptors (Lipinski definition) is 8. The average Bonchev–Trinajstić information content (AvgIpc) is 3.40.